The first-order valence-electron chi connectivity index (χ1n) is 8.98. The maximum atomic E-state index is 11.6. The van der Waals surface area contributed by atoms with E-state index in [9.17, 15) is 9.59 Å². The molecule has 0 aromatic carbocycles. The van der Waals surface area contributed by atoms with Crippen molar-refractivity contribution in [3.63, 3.8) is 0 Å². The van der Waals surface area contributed by atoms with E-state index in [1.807, 2.05) is 0 Å². The highest BCUT2D eigenvalue weighted by molar-refractivity contribution is 5.75. The SMILES string of the molecule is CCCCC/C=C/CCCCC(=O)NCCCC[C@H](N)C(=O)O. The summed E-state index contributed by atoms with van der Waals surface area (Å²) in [5, 5.41) is 11.5. The van der Waals surface area contributed by atoms with E-state index in [1.54, 1.807) is 0 Å². The van der Waals surface area contributed by atoms with E-state index in [1.165, 1.54) is 25.7 Å². The zero-order valence-electron chi connectivity index (χ0n) is 14.6. The molecule has 0 aromatic rings. The Balaban J connectivity index is 3.36. The summed E-state index contributed by atoms with van der Waals surface area (Å²) in [5.41, 5.74) is 5.41. The first-order chi connectivity index (χ1) is 11.1. The Morgan fingerprint density at radius 3 is 2.30 bits per heavy atom. The largest absolute Gasteiger partial charge is 0.480 e. The van der Waals surface area contributed by atoms with E-state index < -0.39 is 12.0 Å². The number of carboxylic acids is 1. The third kappa shape index (κ3) is 15.3. The Kier molecular flexibility index (Phi) is 14.6. The number of rotatable bonds is 15. The summed E-state index contributed by atoms with van der Waals surface area (Å²) in [5.74, 6) is -0.882. The summed E-state index contributed by atoms with van der Waals surface area (Å²) in [6, 6.07) is -0.791. The van der Waals surface area contributed by atoms with Gasteiger partial charge in [-0.3, -0.25) is 9.59 Å². The van der Waals surface area contributed by atoms with Crippen LogP contribution < -0.4 is 11.1 Å². The molecule has 1 amide bonds. The molecule has 0 saturated carbocycles. The number of nitrogens with two attached hydrogens (primary N) is 1. The van der Waals surface area contributed by atoms with Crippen molar-refractivity contribution in [2.24, 2.45) is 5.73 Å². The monoisotopic (exact) mass is 326 g/mol. The molecule has 0 aliphatic carbocycles. The molecule has 0 saturated heterocycles. The Morgan fingerprint density at radius 2 is 1.70 bits per heavy atom. The van der Waals surface area contributed by atoms with Gasteiger partial charge in [-0.25, -0.2) is 0 Å². The van der Waals surface area contributed by atoms with Crippen molar-refractivity contribution >= 4 is 11.9 Å². The van der Waals surface area contributed by atoms with Gasteiger partial charge in [0.15, 0.2) is 0 Å². The summed E-state index contributed by atoms with van der Waals surface area (Å²) in [6.45, 7) is 2.81. The highest BCUT2D eigenvalue weighted by atomic mass is 16.4. The molecule has 0 aliphatic heterocycles. The Morgan fingerprint density at radius 1 is 1.04 bits per heavy atom. The number of nitrogens with one attached hydrogen (secondary N) is 1. The molecule has 23 heavy (non-hydrogen) atoms. The zero-order valence-corrected chi connectivity index (χ0v) is 14.6. The van der Waals surface area contributed by atoms with Crippen molar-refractivity contribution in [2.45, 2.75) is 83.6 Å². The topological polar surface area (TPSA) is 92.4 Å². The lowest BCUT2D eigenvalue weighted by Crippen LogP contribution is -2.30. The number of carbonyl (C=O) groups excluding carboxylic acids is 1. The molecule has 5 heteroatoms. The first-order valence-corrected chi connectivity index (χ1v) is 8.98. The number of hydrogen-bond donors (Lipinski definition) is 3. The second-order valence-corrected chi connectivity index (χ2v) is 6.00. The van der Waals surface area contributed by atoms with Gasteiger partial charge in [-0.2, -0.15) is 0 Å². The summed E-state index contributed by atoms with van der Waals surface area (Å²) in [7, 11) is 0. The molecule has 0 bridgehead atoms. The number of carbonyl (C=O) groups is 2. The number of hydrogen-bond acceptors (Lipinski definition) is 3. The molecule has 0 spiro atoms. The van der Waals surface area contributed by atoms with Gasteiger partial charge in [0.2, 0.25) is 5.91 Å². The predicted octanol–water partition coefficient (Wildman–Crippen LogP) is 3.38. The summed E-state index contributed by atoms with van der Waals surface area (Å²) in [4.78, 5) is 22.1. The molecule has 0 unspecified atom stereocenters. The minimum Gasteiger partial charge on any atom is -0.480 e. The third-order valence-electron chi connectivity index (χ3n) is 3.75. The maximum Gasteiger partial charge on any atom is 0.320 e. The highest BCUT2D eigenvalue weighted by Crippen LogP contribution is 2.04. The molecule has 0 rings (SSSR count). The van der Waals surface area contributed by atoms with Crippen LogP contribution in [0.25, 0.3) is 0 Å². The van der Waals surface area contributed by atoms with Crippen molar-refractivity contribution < 1.29 is 14.7 Å². The van der Waals surface area contributed by atoms with Gasteiger partial charge in [0.25, 0.3) is 0 Å². The summed E-state index contributed by atoms with van der Waals surface area (Å²) >= 11 is 0. The Labute approximate surface area is 140 Å². The van der Waals surface area contributed by atoms with E-state index in [0.717, 1.165) is 32.1 Å². The van der Waals surface area contributed by atoms with Crippen LogP contribution in [0, 0.1) is 0 Å². The lowest BCUT2D eigenvalue weighted by molar-refractivity contribution is -0.138. The quantitative estimate of drug-likeness (QED) is 0.318. The van der Waals surface area contributed by atoms with E-state index in [0.29, 0.717) is 19.4 Å². The maximum absolute atomic E-state index is 11.6. The van der Waals surface area contributed by atoms with E-state index >= 15 is 0 Å². The van der Waals surface area contributed by atoms with Crippen LogP contribution >= 0.6 is 0 Å². The van der Waals surface area contributed by atoms with Crippen molar-refractivity contribution in [1.29, 1.82) is 0 Å². The second-order valence-electron chi connectivity index (χ2n) is 6.00. The first kappa shape index (κ1) is 21.6. The second kappa shape index (κ2) is 15.5. The fourth-order valence-electron chi connectivity index (χ4n) is 2.22. The Bertz CT molecular complexity index is 343. The normalized spacial score (nSPS) is 12.4. The van der Waals surface area contributed by atoms with E-state index in [-0.39, 0.29) is 5.91 Å². The molecule has 134 valence electrons. The van der Waals surface area contributed by atoms with Gasteiger partial charge in [0.1, 0.15) is 6.04 Å². The lowest BCUT2D eigenvalue weighted by Gasteiger charge is -2.07. The number of carboxylic acid groups (broad SMARTS) is 1. The lowest BCUT2D eigenvalue weighted by atomic mass is 10.1. The smallest absolute Gasteiger partial charge is 0.320 e. The Hall–Kier alpha value is -1.36. The molecule has 0 fully saturated rings. The minimum atomic E-state index is -0.964. The zero-order chi connectivity index (χ0) is 17.3. The average Bonchev–Trinajstić information content (AvgIpc) is 2.52. The summed E-state index contributed by atoms with van der Waals surface area (Å²) in [6.07, 6.45) is 15.0. The molecule has 0 aliphatic rings. The molecule has 0 aromatic heterocycles. The minimum absolute atomic E-state index is 0.0828. The molecule has 4 N–H and O–H groups in total. The van der Waals surface area contributed by atoms with Gasteiger partial charge in [-0.05, 0) is 51.4 Å². The van der Waals surface area contributed by atoms with Crippen LogP contribution in [0.1, 0.15) is 77.6 Å². The van der Waals surface area contributed by atoms with Gasteiger partial charge in [-0.1, -0.05) is 31.9 Å². The summed E-state index contributed by atoms with van der Waals surface area (Å²) < 4.78 is 0. The van der Waals surface area contributed by atoms with Crippen LogP contribution in [0.3, 0.4) is 0 Å². The van der Waals surface area contributed by atoms with Crippen LogP contribution in [-0.4, -0.2) is 29.6 Å². The molecule has 5 nitrogen and oxygen atoms in total. The van der Waals surface area contributed by atoms with Gasteiger partial charge < -0.3 is 16.2 Å². The number of amides is 1. The highest BCUT2D eigenvalue weighted by Gasteiger charge is 2.10. The van der Waals surface area contributed by atoms with Crippen molar-refractivity contribution in [3.8, 4) is 0 Å². The standard InChI is InChI=1S/C18H34N2O3/c1-2-3-4-5-6-7-8-9-10-14-17(21)20-15-12-11-13-16(19)18(22)23/h6-7,16H,2-5,8-15,19H2,1H3,(H,20,21)(H,22,23)/b7-6+/t16-/m0/s1. The molecule has 0 radical (unpaired) electrons. The third-order valence-corrected chi connectivity index (χ3v) is 3.75. The van der Waals surface area contributed by atoms with E-state index in [2.05, 4.69) is 24.4 Å². The predicted molar refractivity (Wildman–Crippen MR) is 94.2 cm³/mol. The van der Waals surface area contributed by atoms with Crippen LogP contribution in [-0.2, 0) is 9.59 Å². The van der Waals surface area contributed by atoms with Gasteiger partial charge in [0, 0.05) is 13.0 Å². The van der Waals surface area contributed by atoms with Crippen LogP contribution in [0.4, 0.5) is 0 Å². The van der Waals surface area contributed by atoms with Crippen LogP contribution in [0.2, 0.25) is 0 Å². The van der Waals surface area contributed by atoms with Crippen LogP contribution in [0.5, 0.6) is 0 Å². The molecule has 1 atom stereocenters. The average molecular weight is 326 g/mol. The van der Waals surface area contributed by atoms with Crippen molar-refractivity contribution in [3.05, 3.63) is 12.2 Å². The van der Waals surface area contributed by atoms with Gasteiger partial charge in [-0.15, -0.1) is 0 Å². The molecule has 0 heterocycles. The van der Waals surface area contributed by atoms with Crippen molar-refractivity contribution in [2.75, 3.05) is 6.54 Å². The molecular formula is C18H34N2O3. The van der Waals surface area contributed by atoms with Gasteiger partial charge in [0.05, 0.1) is 0 Å². The number of aliphatic carboxylic acids is 1. The van der Waals surface area contributed by atoms with Crippen molar-refractivity contribution in [1.82, 2.24) is 5.32 Å². The number of allylic oxidation sites excluding steroid dienone is 2. The van der Waals surface area contributed by atoms with Crippen LogP contribution in [0.15, 0.2) is 12.2 Å². The van der Waals surface area contributed by atoms with E-state index in [4.69, 9.17) is 10.8 Å². The fraction of sp³-hybridized carbons (Fsp3) is 0.778. The van der Waals surface area contributed by atoms with Gasteiger partial charge >= 0.3 is 5.97 Å². The fourth-order valence-corrected chi connectivity index (χ4v) is 2.22. The molecular weight excluding hydrogens is 292 g/mol. The number of unbranched alkanes of at least 4 members (excludes halogenated alkanes) is 6.